The third kappa shape index (κ3) is 3.26. The van der Waals surface area contributed by atoms with Gasteiger partial charge in [-0.2, -0.15) is 0 Å². The van der Waals surface area contributed by atoms with Crippen molar-refractivity contribution in [1.82, 2.24) is 0 Å². The molecule has 2 N–H and O–H groups in total. The standard InChI is InChI=1S/C16H25NO/c1-12-8-9-15(13(2)10-12)18-16-7-5-3-4-6-14(16)11-17/h8-10,14,16H,3-7,11,17H2,1-2H3. The summed E-state index contributed by atoms with van der Waals surface area (Å²) in [6, 6.07) is 6.41. The first-order valence-electron chi connectivity index (χ1n) is 7.14. The van der Waals surface area contributed by atoms with E-state index in [9.17, 15) is 0 Å². The van der Waals surface area contributed by atoms with E-state index in [2.05, 4.69) is 32.0 Å². The van der Waals surface area contributed by atoms with E-state index in [0.29, 0.717) is 12.0 Å². The summed E-state index contributed by atoms with van der Waals surface area (Å²) in [5, 5.41) is 0. The Balaban J connectivity index is 2.10. The first-order chi connectivity index (χ1) is 8.70. The molecule has 1 fully saturated rings. The fourth-order valence-corrected chi connectivity index (χ4v) is 2.87. The minimum atomic E-state index is 0.305. The smallest absolute Gasteiger partial charge is 0.122 e. The lowest BCUT2D eigenvalue weighted by Crippen LogP contribution is -2.31. The molecule has 2 heteroatoms. The van der Waals surface area contributed by atoms with Gasteiger partial charge in [-0.25, -0.2) is 0 Å². The number of benzene rings is 1. The summed E-state index contributed by atoms with van der Waals surface area (Å²) in [6.07, 6.45) is 6.56. The normalized spacial score (nSPS) is 24.6. The van der Waals surface area contributed by atoms with Crippen LogP contribution in [0.15, 0.2) is 18.2 Å². The van der Waals surface area contributed by atoms with Crippen LogP contribution >= 0.6 is 0 Å². The van der Waals surface area contributed by atoms with Crippen molar-refractivity contribution in [2.24, 2.45) is 11.7 Å². The summed E-state index contributed by atoms with van der Waals surface area (Å²) in [5.41, 5.74) is 8.42. The molecule has 0 bridgehead atoms. The summed E-state index contributed by atoms with van der Waals surface area (Å²) >= 11 is 0. The molecule has 1 saturated carbocycles. The predicted molar refractivity (Wildman–Crippen MR) is 76.0 cm³/mol. The molecule has 0 spiro atoms. The highest BCUT2D eigenvalue weighted by Crippen LogP contribution is 2.28. The molecule has 2 rings (SSSR count). The Labute approximate surface area is 111 Å². The number of nitrogens with two attached hydrogens (primary N) is 1. The van der Waals surface area contributed by atoms with Crippen molar-refractivity contribution in [3.8, 4) is 5.75 Å². The molecule has 100 valence electrons. The van der Waals surface area contributed by atoms with E-state index < -0.39 is 0 Å². The van der Waals surface area contributed by atoms with Crippen LogP contribution in [0.5, 0.6) is 5.75 Å². The quantitative estimate of drug-likeness (QED) is 0.828. The van der Waals surface area contributed by atoms with Crippen molar-refractivity contribution >= 4 is 0 Å². The molecular formula is C16H25NO. The zero-order valence-corrected chi connectivity index (χ0v) is 11.6. The van der Waals surface area contributed by atoms with Crippen molar-refractivity contribution in [3.63, 3.8) is 0 Å². The van der Waals surface area contributed by atoms with Crippen molar-refractivity contribution in [1.29, 1.82) is 0 Å². The SMILES string of the molecule is Cc1ccc(OC2CCCCCC2CN)c(C)c1. The Hall–Kier alpha value is -1.02. The second-order valence-electron chi connectivity index (χ2n) is 5.56. The van der Waals surface area contributed by atoms with Gasteiger partial charge in [-0.1, -0.05) is 30.5 Å². The van der Waals surface area contributed by atoms with E-state index >= 15 is 0 Å². The molecule has 0 saturated heterocycles. The summed E-state index contributed by atoms with van der Waals surface area (Å²) < 4.78 is 6.24. The lowest BCUT2D eigenvalue weighted by atomic mass is 9.97. The molecule has 1 aromatic rings. The fraction of sp³-hybridized carbons (Fsp3) is 0.625. The summed E-state index contributed by atoms with van der Waals surface area (Å²) in [6.45, 7) is 4.98. The van der Waals surface area contributed by atoms with Gasteiger partial charge in [0.1, 0.15) is 11.9 Å². The first kappa shape index (κ1) is 13.4. The van der Waals surface area contributed by atoms with E-state index in [0.717, 1.165) is 18.7 Å². The minimum absolute atomic E-state index is 0.305. The summed E-state index contributed by atoms with van der Waals surface area (Å²) in [4.78, 5) is 0. The van der Waals surface area contributed by atoms with Gasteiger partial charge in [-0.05, 0) is 51.3 Å². The monoisotopic (exact) mass is 247 g/mol. The zero-order chi connectivity index (χ0) is 13.0. The molecule has 1 aliphatic carbocycles. The van der Waals surface area contributed by atoms with Crippen LogP contribution in [0, 0.1) is 19.8 Å². The second kappa shape index (κ2) is 6.24. The highest BCUT2D eigenvalue weighted by molar-refractivity contribution is 5.35. The topological polar surface area (TPSA) is 35.2 Å². The van der Waals surface area contributed by atoms with Gasteiger partial charge in [0.15, 0.2) is 0 Å². The second-order valence-corrected chi connectivity index (χ2v) is 5.56. The molecule has 0 aliphatic heterocycles. The summed E-state index contributed by atoms with van der Waals surface area (Å²) in [7, 11) is 0. The van der Waals surface area contributed by atoms with Crippen molar-refractivity contribution in [2.45, 2.75) is 52.1 Å². The highest BCUT2D eigenvalue weighted by Gasteiger charge is 2.24. The Kier molecular flexibility index (Phi) is 4.65. The van der Waals surface area contributed by atoms with E-state index in [1.807, 2.05) is 0 Å². The van der Waals surface area contributed by atoms with Crippen LogP contribution in [0.1, 0.15) is 43.2 Å². The Bertz CT molecular complexity index is 389. The largest absolute Gasteiger partial charge is 0.490 e. The maximum Gasteiger partial charge on any atom is 0.122 e. The average molecular weight is 247 g/mol. The maximum atomic E-state index is 6.24. The van der Waals surface area contributed by atoms with Crippen molar-refractivity contribution in [2.75, 3.05) is 6.54 Å². The van der Waals surface area contributed by atoms with E-state index in [1.165, 1.54) is 36.8 Å². The van der Waals surface area contributed by atoms with Crippen LogP contribution in [0.25, 0.3) is 0 Å². The molecule has 0 heterocycles. The van der Waals surface area contributed by atoms with Crippen LogP contribution in [0.4, 0.5) is 0 Å². The number of ether oxygens (including phenoxy) is 1. The Morgan fingerprint density at radius 3 is 2.67 bits per heavy atom. The Morgan fingerprint density at radius 2 is 1.94 bits per heavy atom. The molecule has 0 aromatic heterocycles. The molecule has 2 atom stereocenters. The van der Waals surface area contributed by atoms with Gasteiger partial charge in [-0.15, -0.1) is 0 Å². The predicted octanol–water partition coefficient (Wildman–Crippen LogP) is 3.59. The van der Waals surface area contributed by atoms with Gasteiger partial charge < -0.3 is 10.5 Å². The molecule has 0 amide bonds. The van der Waals surface area contributed by atoms with Gasteiger partial charge in [0.2, 0.25) is 0 Å². The third-order valence-corrected chi connectivity index (χ3v) is 4.00. The number of hydrogen-bond donors (Lipinski definition) is 1. The molecule has 2 unspecified atom stereocenters. The van der Waals surface area contributed by atoms with E-state index in [4.69, 9.17) is 10.5 Å². The number of aryl methyl sites for hydroxylation is 2. The highest BCUT2D eigenvalue weighted by atomic mass is 16.5. The molecule has 1 aliphatic rings. The van der Waals surface area contributed by atoms with Crippen LogP contribution in [-0.4, -0.2) is 12.6 Å². The van der Waals surface area contributed by atoms with E-state index in [1.54, 1.807) is 0 Å². The van der Waals surface area contributed by atoms with E-state index in [-0.39, 0.29) is 0 Å². The molecule has 2 nitrogen and oxygen atoms in total. The molecular weight excluding hydrogens is 222 g/mol. The zero-order valence-electron chi connectivity index (χ0n) is 11.6. The molecule has 0 radical (unpaired) electrons. The van der Waals surface area contributed by atoms with Gasteiger partial charge in [-0.3, -0.25) is 0 Å². The lowest BCUT2D eigenvalue weighted by molar-refractivity contribution is 0.129. The summed E-state index contributed by atoms with van der Waals surface area (Å²) in [5.74, 6) is 1.55. The van der Waals surface area contributed by atoms with Gasteiger partial charge in [0.05, 0.1) is 0 Å². The van der Waals surface area contributed by atoms with Gasteiger partial charge in [0.25, 0.3) is 0 Å². The fourth-order valence-electron chi connectivity index (χ4n) is 2.87. The number of hydrogen-bond acceptors (Lipinski definition) is 2. The lowest BCUT2D eigenvalue weighted by Gasteiger charge is -2.26. The van der Waals surface area contributed by atoms with Crippen LogP contribution in [-0.2, 0) is 0 Å². The minimum Gasteiger partial charge on any atom is -0.490 e. The third-order valence-electron chi connectivity index (χ3n) is 4.00. The Morgan fingerprint density at radius 1 is 1.17 bits per heavy atom. The van der Waals surface area contributed by atoms with Crippen molar-refractivity contribution < 1.29 is 4.74 Å². The molecule has 18 heavy (non-hydrogen) atoms. The molecule has 1 aromatic carbocycles. The van der Waals surface area contributed by atoms with Crippen LogP contribution in [0.3, 0.4) is 0 Å². The van der Waals surface area contributed by atoms with Crippen LogP contribution < -0.4 is 10.5 Å². The van der Waals surface area contributed by atoms with Crippen LogP contribution in [0.2, 0.25) is 0 Å². The first-order valence-corrected chi connectivity index (χ1v) is 7.14. The van der Waals surface area contributed by atoms with Crippen molar-refractivity contribution in [3.05, 3.63) is 29.3 Å². The van der Waals surface area contributed by atoms with Gasteiger partial charge >= 0.3 is 0 Å². The number of rotatable bonds is 3. The average Bonchev–Trinajstić information content (AvgIpc) is 2.57. The van der Waals surface area contributed by atoms with Gasteiger partial charge in [0, 0.05) is 5.92 Å². The maximum absolute atomic E-state index is 6.24.